The Morgan fingerprint density at radius 1 is 1.36 bits per heavy atom. The average molecular weight is 300 g/mol. The highest BCUT2D eigenvalue weighted by molar-refractivity contribution is 5.93. The number of anilines is 1. The summed E-state index contributed by atoms with van der Waals surface area (Å²) in [6.45, 7) is 1.85. The number of allylic oxidation sites excluding steroid dienone is 1. The highest BCUT2D eigenvalue weighted by Gasteiger charge is 2.14. The van der Waals surface area contributed by atoms with Crippen LogP contribution in [0.5, 0.6) is 0 Å². The molecule has 0 spiro atoms. The second kappa shape index (κ2) is 6.66. The average Bonchev–Trinajstić information content (AvgIpc) is 2.99. The molecule has 0 bridgehead atoms. The van der Waals surface area contributed by atoms with Crippen molar-refractivity contribution in [3.8, 4) is 0 Å². The Labute approximate surface area is 127 Å². The zero-order chi connectivity index (χ0) is 16.1. The first kappa shape index (κ1) is 15.4. The number of aromatic amines is 1. The van der Waals surface area contributed by atoms with E-state index in [1.165, 1.54) is 12.3 Å². The highest BCUT2D eigenvalue weighted by Crippen LogP contribution is 2.24. The Kier molecular flexibility index (Phi) is 4.67. The Morgan fingerprint density at radius 2 is 2.09 bits per heavy atom. The number of para-hydroxylation sites is 1. The van der Waals surface area contributed by atoms with Crippen molar-refractivity contribution in [2.24, 2.45) is 10.8 Å². The lowest BCUT2D eigenvalue weighted by molar-refractivity contribution is 0.631. The Hall–Kier alpha value is -2.96. The predicted octanol–water partition coefficient (Wildman–Crippen LogP) is 3.53. The number of H-pyrrole nitrogens is 1. The van der Waals surface area contributed by atoms with Crippen molar-refractivity contribution in [2.75, 3.05) is 5.32 Å². The third-order valence-corrected chi connectivity index (χ3v) is 3.29. The molecule has 114 valence electrons. The minimum atomic E-state index is -0.380. The van der Waals surface area contributed by atoms with Gasteiger partial charge in [-0.05, 0) is 24.3 Å². The molecule has 0 aliphatic carbocycles. The quantitative estimate of drug-likeness (QED) is 0.319. The number of benzene rings is 1. The molecular formula is C15H17FN6. The number of hydrogen-bond acceptors (Lipinski definition) is 4. The van der Waals surface area contributed by atoms with Gasteiger partial charge in [0.15, 0.2) is 0 Å². The molecule has 0 aliphatic rings. The number of nitrogens with one attached hydrogen (secondary N) is 4. The molecule has 1 unspecified atom stereocenters. The number of nitrogens with two attached hydrogens (primary N) is 1. The van der Waals surface area contributed by atoms with Crippen LogP contribution in [0.3, 0.4) is 0 Å². The smallest absolute Gasteiger partial charge is 0.146 e. The summed E-state index contributed by atoms with van der Waals surface area (Å²) in [5.74, 6) is -0.671. The lowest BCUT2D eigenvalue weighted by atomic mass is 10.1. The SMILES string of the molecule is CC(/C(=C/Nc1ccccc1F)N=N)c1ccc(C(=N)N)[nH]1. The van der Waals surface area contributed by atoms with E-state index in [0.717, 1.165) is 5.69 Å². The van der Waals surface area contributed by atoms with Gasteiger partial charge in [0.25, 0.3) is 0 Å². The summed E-state index contributed by atoms with van der Waals surface area (Å²) in [7, 11) is 0. The third kappa shape index (κ3) is 3.38. The van der Waals surface area contributed by atoms with E-state index in [1.54, 1.807) is 30.3 Å². The molecule has 2 aromatic rings. The molecule has 7 heteroatoms. The summed E-state index contributed by atoms with van der Waals surface area (Å²) < 4.78 is 13.5. The fraction of sp³-hybridized carbons (Fsp3) is 0.133. The molecule has 0 aliphatic heterocycles. The summed E-state index contributed by atoms with van der Waals surface area (Å²) in [6.07, 6.45) is 1.49. The van der Waals surface area contributed by atoms with Crippen LogP contribution in [-0.2, 0) is 0 Å². The Balaban J connectivity index is 2.19. The van der Waals surface area contributed by atoms with E-state index in [4.69, 9.17) is 16.7 Å². The molecular weight excluding hydrogens is 283 g/mol. The monoisotopic (exact) mass is 300 g/mol. The van der Waals surface area contributed by atoms with Crippen LogP contribution in [0.1, 0.15) is 24.2 Å². The molecule has 2 rings (SSSR count). The van der Waals surface area contributed by atoms with Gasteiger partial charge in [-0.2, -0.15) is 5.11 Å². The van der Waals surface area contributed by atoms with E-state index in [1.807, 2.05) is 6.92 Å². The van der Waals surface area contributed by atoms with Crippen molar-refractivity contribution in [1.82, 2.24) is 4.98 Å². The van der Waals surface area contributed by atoms with Gasteiger partial charge in [-0.3, -0.25) is 5.41 Å². The molecule has 6 N–H and O–H groups in total. The number of nitrogen functional groups attached to an aromatic ring is 1. The Morgan fingerprint density at radius 3 is 2.68 bits per heavy atom. The van der Waals surface area contributed by atoms with Crippen molar-refractivity contribution in [3.05, 3.63) is 65.5 Å². The maximum atomic E-state index is 13.5. The number of amidine groups is 1. The molecule has 1 aromatic heterocycles. The van der Waals surface area contributed by atoms with Gasteiger partial charge in [-0.1, -0.05) is 19.1 Å². The topological polar surface area (TPSA) is 114 Å². The normalized spacial score (nSPS) is 12.7. The molecule has 6 nitrogen and oxygen atoms in total. The van der Waals surface area contributed by atoms with Crippen LogP contribution in [-0.4, -0.2) is 10.8 Å². The van der Waals surface area contributed by atoms with E-state index in [-0.39, 0.29) is 17.6 Å². The van der Waals surface area contributed by atoms with E-state index in [0.29, 0.717) is 17.1 Å². The fourth-order valence-corrected chi connectivity index (χ4v) is 1.97. The molecule has 0 saturated heterocycles. The molecule has 0 saturated carbocycles. The summed E-state index contributed by atoms with van der Waals surface area (Å²) in [5.41, 5.74) is 14.7. The van der Waals surface area contributed by atoms with Crippen LogP contribution in [0.2, 0.25) is 0 Å². The Bertz CT molecular complexity index is 718. The first-order valence-electron chi connectivity index (χ1n) is 6.64. The summed E-state index contributed by atoms with van der Waals surface area (Å²) in [5, 5.41) is 13.7. The van der Waals surface area contributed by atoms with E-state index >= 15 is 0 Å². The number of rotatable bonds is 6. The number of hydrogen-bond donors (Lipinski definition) is 5. The standard InChI is InChI=1S/C15H17FN6/c1-9(11-6-7-13(21-11)15(17)18)14(22-19)8-20-12-5-3-2-4-10(12)16/h2-9,19-21H,1H3,(H3,17,18)/b14-8-,22-19?. The molecule has 0 radical (unpaired) electrons. The minimum absolute atomic E-state index is 0.0590. The first-order valence-corrected chi connectivity index (χ1v) is 6.64. The number of nitrogens with zero attached hydrogens (tertiary/aromatic N) is 1. The maximum absolute atomic E-state index is 13.5. The van der Waals surface area contributed by atoms with Gasteiger partial charge < -0.3 is 16.0 Å². The van der Waals surface area contributed by atoms with Gasteiger partial charge in [0.05, 0.1) is 17.1 Å². The zero-order valence-corrected chi connectivity index (χ0v) is 12.0. The fourth-order valence-electron chi connectivity index (χ4n) is 1.97. The molecule has 0 amide bonds. The summed E-state index contributed by atoms with van der Waals surface area (Å²) in [4.78, 5) is 3.00. The van der Waals surface area contributed by atoms with Crippen LogP contribution in [0, 0.1) is 16.8 Å². The molecule has 0 fully saturated rings. The second-order valence-corrected chi connectivity index (χ2v) is 4.77. The van der Waals surface area contributed by atoms with Crippen molar-refractivity contribution in [1.29, 1.82) is 10.9 Å². The van der Waals surface area contributed by atoms with Crippen LogP contribution >= 0.6 is 0 Å². The molecule has 1 aromatic carbocycles. The predicted molar refractivity (Wildman–Crippen MR) is 83.5 cm³/mol. The summed E-state index contributed by atoms with van der Waals surface area (Å²) >= 11 is 0. The molecule has 1 heterocycles. The number of aromatic nitrogens is 1. The lowest BCUT2D eigenvalue weighted by Crippen LogP contribution is -2.11. The van der Waals surface area contributed by atoms with Crippen molar-refractivity contribution in [2.45, 2.75) is 12.8 Å². The third-order valence-electron chi connectivity index (χ3n) is 3.29. The van der Waals surface area contributed by atoms with E-state index < -0.39 is 0 Å². The van der Waals surface area contributed by atoms with Crippen molar-refractivity contribution in [3.63, 3.8) is 0 Å². The van der Waals surface area contributed by atoms with Crippen molar-refractivity contribution >= 4 is 11.5 Å². The lowest BCUT2D eigenvalue weighted by Gasteiger charge is -2.10. The van der Waals surface area contributed by atoms with Crippen LogP contribution in [0.25, 0.3) is 0 Å². The minimum Gasteiger partial charge on any atom is -0.382 e. The van der Waals surface area contributed by atoms with Gasteiger partial charge in [0, 0.05) is 17.8 Å². The second-order valence-electron chi connectivity index (χ2n) is 4.77. The van der Waals surface area contributed by atoms with Gasteiger partial charge in [0.2, 0.25) is 0 Å². The first-order chi connectivity index (χ1) is 10.5. The van der Waals surface area contributed by atoms with Crippen LogP contribution in [0.4, 0.5) is 10.1 Å². The number of halogens is 1. The van der Waals surface area contributed by atoms with Gasteiger partial charge in [-0.15, -0.1) is 0 Å². The van der Waals surface area contributed by atoms with Gasteiger partial charge >= 0.3 is 0 Å². The van der Waals surface area contributed by atoms with Crippen LogP contribution < -0.4 is 11.1 Å². The highest BCUT2D eigenvalue weighted by atomic mass is 19.1. The van der Waals surface area contributed by atoms with Gasteiger partial charge in [0.1, 0.15) is 11.7 Å². The van der Waals surface area contributed by atoms with E-state index in [9.17, 15) is 4.39 Å². The molecule has 1 atom stereocenters. The largest absolute Gasteiger partial charge is 0.382 e. The molecule has 22 heavy (non-hydrogen) atoms. The summed E-state index contributed by atoms with van der Waals surface area (Å²) in [6, 6.07) is 9.74. The van der Waals surface area contributed by atoms with Gasteiger partial charge in [-0.25, -0.2) is 9.92 Å². The zero-order valence-electron chi connectivity index (χ0n) is 12.0. The van der Waals surface area contributed by atoms with Crippen molar-refractivity contribution < 1.29 is 4.39 Å². The maximum Gasteiger partial charge on any atom is 0.146 e. The van der Waals surface area contributed by atoms with Crippen LogP contribution in [0.15, 0.2) is 53.4 Å². The van der Waals surface area contributed by atoms with E-state index in [2.05, 4.69) is 15.4 Å².